The minimum Gasteiger partial charge on any atom is -0.507 e. The van der Waals surface area contributed by atoms with Gasteiger partial charge in [0.2, 0.25) is 5.91 Å². The van der Waals surface area contributed by atoms with Crippen LogP contribution in [-0.4, -0.2) is 34.5 Å². The Bertz CT molecular complexity index is 1300. The maximum absolute atomic E-state index is 12.5. The van der Waals surface area contributed by atoms with Crippen molar-refractivity contribution < 1.29 is 9.90 Å². The van der Waals surface area contributed by atoms with Crippen LogP contribution in [-0.2, 0) is 11.3 Å². The van der Waals surface area contributed by atoms with E-state index < -0.39 is 0 Å². The largest absolute Gasteiger partial charge is 0.507 e. The maximum atomic E-state index is 12.5. The Morgan fingerprint density at radius 3 is 2.62 bits per heavy atom. The first-order chi connectivity index (χ1) is 15.5. The number of pyridine rings is 1. The van der Waals surface area contributed by atoms with Gasteiger partial charge in [0.15, 0.2) is 0 Å². The smallest absolute Gasteiger partial charge is 0.255 e. The number of fused-ring (bicyclic) bond motifs is 1. The van der Waals surface area contributed by atoms with Gasteiger partial charge in [0, 0.05) is 42.3 Å². The third-order valence-corrected chi connectivity index (χ3v) is 5.38. The zero-order valence-corrected chi connectivity index (χ0v) is 17.8. The number of hydrogen-bond donors (Lipinski definition) is 3. The van der Waals surface area contributed by atoms with E-state index in [0.29, 0.717) is 35.0 Å². The van der Waals surface area contributed by atoms with E-state index in [2.05, 4.69) is 27.3 Å². The van der Waals surface area contributed by atoms with Crippen LogP contribution < -0.4 is 10.9 Å². The van der Waals surface area contributed by atoms with Gasteiger partial charge in [0.25, 0.3) is 5.56 Å². The number of hydrogen-bond acceptors (Lipinski definition) is 4. The highest BCUT2D eigenvalue weighted by atomic mass is 16.3. The van der Waals surface area contributed by atoms with Crippen molar-refractivity contribution in [3.8, 4) is 16.9 Å². The van der Waals surface area contributed by atoms with Crippen molar-refractivity contribution in [1.29, 1.82) is 0 Å². The van der Waals surface area contributed by atoms with Crippen molar-refractivity contribution in [2.45, 2.75) is 13.0 Å². The van der Waals surface area contributed by atoms with Gasteiger partial charge in [-0.1, -0.05) is 48.5 Å². The van der Waals surface area contributed by atoms with E-state index in [4.69, 9.17) is 0 Å². The molecule has 0 spiro atoms. The number of carbonyl (C=O) groups excluding carboxylic acids is 1. The molecule has 0 aliphatic heterocycles. The van der Waals surface area contributed by atoms with Crippen LogP contribution in [0, 0.1) is 0 Å². The molecule has 32 heavy (non-hydrogen) atoms. The second kappa shape index (κ2) is 9.49. The average molecular weight is 428 g/mol. The van der Waals surface area contributed by atoms with Gasteiger partial charge in [-0.25, -0.2) is 0 Å². The number of aromatic amines is 1. The van der Waals surface area contributed by atoms with E-state index in [1.807, 2.05) is 49.5 Å². The summed E-state index contributed by atoms with van der Waals surface area (Å²) in [6.45, 7) is 1.42. The fourth-order valence-corrected chi connectivity index (χ4v) is 3.78. The van der Waals surface area contributed by atoms with E-state index in [1.165, 1.54) is 5.56 Å². The number of aromatic hydroxyl groups is 1. The van der Waals surface area contributed by atoms with Crippen LogP contribution >= 0.6 is 0 Å². The molecular formula is C26H25N3O3. The number of phenols is 1. The van der Waals surface area contributed by atoms with Crippen LogP contribution in [0.1, 0.15) is 12.0 Å². The van der Waals surface area contributed by atoms with Crippen LogP contribution in [0.25, 0.3) is 21.9 Å². The van der Waals surface area contributed by atoms with Crippen molar-refractivity contribution in [2.75, 3.05) is 18.9 Å². The van der Waals surface area contributed by atoms with Crippen molar-refractivity contribution in [2.24, 2.45) is 0 Å². The number of phenolic OH excluding ortho intramolecular Hbond substituents is 1. The normalized spacial score (nSPS) is 11.1. The number of H-pyrrole nitrogens is 1. The molecule has 6 heteroatoms. The number of carbonyl (C=O) groups is 1. The van der Waals surface area contributed by atoms with Crippen LogP contribution in [0.4, 0.5) is 5.69 Å². The first kappa shape index (κ1) is 21.3. The molecule has 3 N–H and O–H groups in total. The molecule has 1 amide bonds. The van der Waals surface area contributed by atoms with Crippen molar-refractivity contribution >= 4 is 22.4 Å². The average Bonchev–Trinajstić information content (AvgIpc) is 2.79. The number of nitrogens with zero attached hydrogens (tertiary/aromatic N) is 1. The molecule has 0 unspecified atom stereocenters. The van der Waals surface area contributed by atoms with Gasteiger partial charge in [0.05, 0.1) is 5.39 Å². The summed E-state index contributed by atoms with van der Waals surface area (Å²) in [7, 11) is 1.99. The zero-order chi connectivity index (χ0) is 22.5. The molecule has 1 aromatic heterocycles. The zero-order valence-electron chi connectivity index (χ0n) is 17.8. The molecule has 0 saturated carbocycles. The number of nitrogens with one attached hydrogen (secondary N) is 2. The quantitative estimate of drug-likeness (QED) is 0.409. The molecule has 0 aliphatic rings. The van der Waals surface area contributed by atoms with Gasteiger partial charge in [-0.05, 0) is 42.4 Å². The molecular weight excluding hydrogens is 402 g/mol. The Balaban J connectivity index is 1.46. The third kappa shape index (κ3) is 4.87. The van der Waals surface area contributed by atoms with Gasteiger partial charge < -0.3 is 20.3 Å². The van der Waals surface area contributed by atoms with E-state index in [0.717, 1.165) is 12.1 Å². The van der Waals surface area contributed by atoms with Gasteiger partial charge >= 0.3 is 0 Å². The highest BCUT2D eigenvalue weighted by Gasteiger charge is 2.12. The lowest BCUT2D eigenvalue weighted by Gasteiger charge is -2.16. The van der Waals surface area contributed by atoms with Crippen LogP contribution in [0.3, 0.4) is 0 Å². The topological polar surface area (TPSA) is 85.4 Å². The van der Waals surface area contributed by atoms with Gasteiger partial charge in [-0.15, -0.1) is 0 Å². The fourth-order valence-electron chi connectivity index (χ4n) is 3.78. The maximum Gasteiger partial charge on any atom is 0.255 e. The predicted molar refractivity (Wildman–Crippen MR) is 128 cm³/mol. The molecule has 0 atom stereocenters. The second-order valence-corrected chi connectivity index (χ2v) is 7.83. The second-order valence-electron chi connectivity index (χ2n) is 7.83. The number of benzene rings is 3. The lowest BCUT2D eigenvalue weighted by molar-refractivity contribution is -0.116. The van der Waals surface area contributed by atoms with Crippen LogP contribution in [0.15, 0.2) is 83.8 Å². The Labute approximate surface area is 186 Å². The van der Waals surface area contributed by atoms with Crippen molar-refractivity contribution in [1.82, 2.24) is 9.88 Å². The lowest BCUT2D eigenvalue weighted by Crippen LogP contribution is -2.24. The minimum atomic E-state index is -0.260. The van der Waals surface area contributed by atoms with Gasteiger partial charge in [0.1, 0.15) is 5.75 Å². The highest BCUT2D eigenvalue weighted by molar-refractivity contribution is 6.00. The summed E-state index contributed by atoms with van der Waals surface area (Å²) in [5, 5.41) is 14.2. The summed E-state index contributed by atoms with van der Waals surface area (Å²) in [6.07, 6.45) is 1.96. The standard InChI is InChI=1S/C26H25N3O3/c1-29(17-18-7-3-2-4-8-18)14-13-24(31)28-20-10-5-9-19(15-20)22-16-27-26(32)21-11-6-12-23(30)25(21)22/h2-12,15-16,30H,13-14,17H2,1H3,(H,27,32)(H,28,31). The molecule has 162 valence electrons. The summed E-state index contributed by atoms with van der Waals surface area (Å²) in [4.78, 5) is 29.5. The molecule has 0 bridgehead atoms. The Morgan fingerprint density at radius 2 is 1.81 bits per heavy atom. The Hall–Kier alpha value is -3.90. The molecule has 0 radical (unpaired) electrons. The number of aromatic nitrogens is 1. The first-order valence-electron chi connectivity index (χ1n) is 10.5. The SMILES string of the molecule is CN(CCC(=O)Nc1cccc(-c2c[nH]c(=O)c3cccc(O)c23)c1)Cc1ccccc1. The number of rotatable bonds is 7. The van der Waals surface area contributed by atoms with E-state index in [-0.39, 0.29) is 17.2 Å². The molecule has 4 aromatic rings. The monoisotopic (exact) mass is 427 g/mol. The molecule has 0 aliphatic carbocycles. The predicted octanol–water partition coefficient (Wildman–Crippen LogP) is 4.36. The summed E-state index contributed by atoms with van der Waals surface area (Å²) in [5.41, 5.74) is 3.08. The van der Waals surface area contributed by atoms with Crippen molar-refractivity contribution in [3.05, 3.63) is 94.9 Å². The van der Waals surface area contributed by atoms with Gasteiger partial charge in [-0.2, -0.15) is 0 Å². The first-order valence-corrected chi connectivity index (χ1v) is 10.5. The number of amides is 1. The van der Waals surface area contributed by atoms with Crippen LogP contribution in [0.2, 0.25) is 0 Å². The fraction of sp³-hybridized carbons (Fsp3) is 0.154. The summed E-state index contributed by atoms with van der Waals surface area (Å²) < 4.78 is 0. The van der Waals surface area contributed by atoms with E-state index >= 15 is 0 Å². The molecule has 0 saturated heterocycles. The molecule has 0 fully saturated rings. The van der Waals surface area contributed by atoms with Crippen molar-refractivity contribution in [3.63, 3.8) is 0 Å². The van der Waals surface area contributed by atoms with E-state index in [9.17, 15) is 14.7 Å². The Kier molecular flexibility index (Phi) is 6.33. The molecule has 3 aromatic carbocycles. The summed E-state index contributed by atoms with van der Waals surface area (Å²) in [6, 6.07) is 22.4. The van der Waals surface area contributed by atoms with Crippen LogP contribution in [0.5, 0.6) is 5.75 Å². The molecule has 6 nitrogen and oxygen atoms in total. The highest BCUT2D eigenvalue weighted by Crippen LogP contribution is 2.33. The van der Waals surface area contributed by atoms with E-state index in [1.54, 1.807) is 24.4 Å². The minimum absolute atomic E-state index is 0.0412. The number of anilines is 1. The third-order valence-electron chi connectivity index (χ3n) is 5.38. The summed E-state index contributed by atoms with van der Waals surface area (Å²) in [5.74, 6) is -0.0317. The summed E-state index contributed by atoms with van der Waals surface area (Å²) >= 11 is 0. The molecule has 1 heterocycles. The van der Waals surface area contributed by atoms with Gasteiger partial charge in [-0.3, -0.25) is 9.59 Å². The Morgan fingerprint density at radius 1 is 1.03 bits per heavy atom. The lowest BCUT2D eigenvalue weighted by atomic mass is 9.99. The molecule has 4 rings (SSSR count).